The lowest BCUT2D eigenvalue weighted by atomic mass is 9.94. The minimum absolute atomic E-state index is 0.166. The number of nitrogens with zero attached hydrogens (tertiary/aromatic N) is 13. The van der Waals surface area contributed by atoms with E-state index in [1.165, 1.54) is 0 Å². The summed E-state index contributed by atoms with van der Waals surface area (Å²) < 4.78 is 8.86. The Labute approximate surface area is 340 Å². The number of fused-ring (bicyclic) bond motifs is 2. The first-order chi connectivity index (χ1) is 27.2. The molecule has 2 saturated heterocycles. The molecule has 0 amide bonds. The SMILES string of the molecule is CN(C)CCn1cc(-c2cnn3c(N)c(Br)c(C4CCCN(c5ccc(Cn6cc(-c7cnn8c(N)c(Br)c(C9CCCNC9)nc78)cn6)nc5)C4)nc23)cn1. The van der Waals surface area contributed by atoms with Gasteiger partial charge in [0.25, 0.3) is 0 Å². The van der Waals surface area contributed by atoms with Gasteiger partial charge in [-0.05, 0) is 90.3 Å². The van der Waals surface area contributed by atoms with Gasteiger partial charge in [-0.15, -0.1) is 0 Å². The number of hydrogen-bond donors (Lipinski definition) is 3. The number of likely N-dealkylation sites (N-methyl/N-ethyl adjacent to an activating group) is 1. The quantitative estimate of drug-likeness (QED) is 0.167. The van der Waals surface area contributed by atoms with E-state index in [2.05, 4.69) is 93.6 Å². The number of piperidine rings is 2. The van der Waals surface area contributed by atoms with Crippen molar-refractivity contribution in [2.75, 3.05) is 63.2 Å². The smallest absolute Gasteiger partial charge is 0.165 e. The van der Waals surface area contributed by atoms with E-state index in [9.17, 15) is 0 Å². The highest BCUT2D eigenvalue weighted by molar-refractivity contribution is 9.11. The average Bonchev–Trinajstić information content (AvgIpc) is 4.04. The molecule has 2 aliphatic heterocycles. The average molecular weight is 885 g/mol. The normalized spacial score (nSPS) is 17.8. The number of aromatic nitrogens is 11. The van der Waals surface area contributed by atoms with Crippen LogP contribution in [0.3, 0.4) is 0 Å². The van der Waals surface area contributed by atoms with Crippen molar-refractivity contribution in [1.29, 1.82) is 0 Å². The molecule has 5 N–H and O–H groups in total. The van der Waals surface area contributed by atoms with E-state index in [1.54, 1.807) is 9.03 Å². The first kappa shape index (κ1) is 36.7. The van der Waals surface area contributed by atoms with E-state index >= 15 is 0 Å². The molecule has 2 atom stereocenters. The van der Waals surface area contributed by atoms with Crippen LogP contribution in [0.4, 0.5) is 17.3 Å². The molecule has 56 heavy (non-hydrogen) atoms. The summed E-state index contributed by atoms with van der Waals surface area (Å²) in [5, 5.41) is 21.9. The van der Waals surface area contributed by atoms with Crippen LogP contribution in [0.15, 0.2) is 64.5 Å². The number of nitrogens with two attached hydrogens (primary N) is 2. The molecule has 0 spiro atoms. The third-order valence-corrected chi connectivity index (χ3v) is 12.6. The van der Waals surface area contributed by atoms with Crippen LogP contribution in [0.5, 0.6) is 0 Å². The summed E-state index contributed by atoms with van der Waals surface area (Å²) in [5.41, 5.74) is 22.3. The second-order valence-corrected chi connectivity index (χ2v) is 16.6. The van der Waals surface area contributed by atoms with Gasteiger partial charge in [-0.25, -0.2) is 9.97 Å². The van der Waals surface area contributed by atoms with E-state index in [1.807, 2.05) is 52.7 Å². The number of halogens is 2. The zero-order valence-corrected chi connectivity index (χ0v) is 34.5. The van der Waals surface area contributed by atoms with Gasteiger partial charge in [-0.1, -0.05) is 0 Å². The molecule has 9 rings (SSSR count). The predicted molar refractivity (Wildman–Crippen MR) is 224 cm³/mol. The zero-order valence-electron chi connectivity index (χ0n) is 31.4. The fourth-order valence-corrected chi connectivity index (χ4v) is 9.04. The number of pyridine rings is 1. The molecule has 0 saturated carbocycles. The van der Waals surface area contributed by atoms with E-state index < -0.39 is 0 Å². The second kappa shape index (κ2) is 15.2. The molecule has 18 heteroatoms. The minimum atomic E-state index is 0.166. The van der Waals surface area contributed by atoms with Gasteiger partial charge in [-0.3, -0.25) is 14.3 Å². The summed E-state index contributed by atoms with van der Waals surface area (Å²) in [5.74, 6) is 1.55. The van der Waals surface area contributed by atoms with Gasteiger partial charge in [0.05, 0.1) is 75.8 Å². The molecule has 2 fully saturated rings. The highest BCUT2D eigenvalue weighted by Gasteiger charge is 2.28. The summed E-state index contributed by atoms with van der Waals surface area (Å²) in [6, 6.07) is 4.23. The van der Waals surface area contributed by atoms with Crippen LogP contribution in [-0.2, 0) is 13.1 Å². The molecule has 0 radical (unpaired) electrons. The van der Waals surface area contributed by atoms with E-state index in [0.29, 0.717) is 24.1 Å². The van der Waals surface area contributed by atoms with Crippen molar-refractivity contribution in [1.82, 2.24) is 64.0 Å². The first-order valence-corrected chi connectivity index (χ1v) is 20.6. The van der Waals surface area contributed by atoms with E-state index in [-0.39, 0.29) is 5.92 Å². The van der Waals surface area contributed by atoms with Crippen molar-refractivity contribution in [3.63, 3.8) is 0 Å². The van der Waals surface area contributed by atoms with Crippen LogP contribution < -0.4 is 21.7 Å². The molecule has 9 heterocycles. The van der Waals surface area contributed by atoms with Crippen molar-refractivity contribution in [2.45, 2.75) is 50.6 Å². The lowest BCUT2D eigenvalue weighted by Crippen LogP contribution is -2.35. The van der Waals surface area contributed by atoms with Crippen LogP contribution in [-0.4, -0.2) is 105 Å². The fourth-order valence-electron chi connectivity index (χ4n) is 7.87. The Balaban J connectivity index is 0.904. The van der Waals surface area contributed by atoms with Gasteiger partial charge in [0.1, 0.15) is 11.6 Å². The third-order valence-electron chi connectivity index (χ3n) is 11.0. The maximum Gasteiger partial charge on any atom is 0.165 e. The highest BCUT2D eigenvalue weighted by atomic mass is 79.9. The summed E-state index contributed by atoms with van der Waals surface area (Å²) >= 11 is 7.48. The van der Waals surface area contributed by atoms with Gasteiger partial charge >= 0.3 is 0 Å². The fraction of sp³-hybridized carbons (Fsp3) is 0.395. The van der Waals surface area contributed by atoms with Crippen LogP contribution in [0.2, 0.25) is 0 Å². The third kappa shape index (κ3) is 6.92. The molecule has 2 unspecified atom stereocenters. The van der Waals surface area contributed by atoms with Crippen molar-refractivity contribution >= 4 is 60.5 Å². The number of anilines is 3. The monoisotopic (exact) mass is 882 g/mol. The van der Waals surface area contributed by atoms with Gasteiger partial charge in [-0.2, -0.15) is 29.4 Å². The maximum atomic E-state index is 6.67. The van der Waals surface area contributed by atoms with Crippen LogP contribution in [0.25, 0.3) is 33.5 Å². The number of nitrogen functional groups attached to an aromatic ring is 2. The Morgan fingerprint density at radius 3 is 2.05 bits per heavy atom. The molecule has 0 aliphatic carbocycles. The Bertz CT molecular complexity index is 2510. The summed E-state index contributed by atoms with van der Waals surface area (Å²) in [6.45, 7) is 5.87. The Hall–Kier alpha value is -4.91. The van der Waals surface area contributed by atoms with Gasteiger partial charge in [0.15, 0.2) is 11.3 Å². The van der Waals surface area contributed by atoms with Gasteiger partial charge < -0.3 is 26.6 Å². The van der Waals surface area contributed by atoms with Crippen LogP contribution >= 0.6 is 31.9 Å². The lowest BCUT2D eigenvalue weighted by Gasteiger charge is -2.34. The first-order valence-electron chi connectivity index (χ1n) is 19.0. The lowest BCUT2D eigenvalue weighted by molar-refractivity contribution is 0.373. The molecule has 2 aliphatic rings. The summed E-state index contributed by atoms with van der Waals surface area (Å²) in [7, 11) is 4.11. The van der Waals surface area contributed by atoms with Crippen molar-refractivity contribution in [2.24, 2.45) is 0 Å². The van der Waals surface area contributed by atoms with Gasteiger partial charge in [0.2, 0.25) is 0 Å². The number of rotatable bonds is 10. The molecule has 7 aromatic rings. The highest BCUT2D eigenvalue weighted by Crippen LogP contribution is 2.38. The van der Waals surface area contributed by atoms with Crippen molar-refractivity contribution in [3.05, 3.63) is 81.5 Å². The molecule has 0 bridgehead atoms. The van der Waals surface area contributed by atoms with Crippen molar-refractivity contribution in [3.8, 4) is 22.3 Å². The maximum absolute atomic E-state index is 6.67. The Kier molecular flexibility index (Phi) is 9.97. The topological polar surface area (TPSA) is 179 Å². The molecular formula is C38H44Br2N16. The van der Waals surface area contributed by atoms with E-state index in [0.717, 1.165) is 130 Å². The molecule has 7 aromatic heterocycles. The predicted octanol–water partition coefficient (Wildman–Crippen LogP) is 5.04. The van der Waals surface area contributed by atoms with Gasteiger partial charge in [0, 0.05) is 72.7 Å². The second-order valence-electron chi connectivity index (χ2n) is 15.0. The zero-order chi connectivity index (χ0) is 38.5. The summed E-state index contributed by atoms with van der Waals surface area (Å²) in [4.78, 5) is 19.7. The Morgan fingerprint density at radius 1 is 0.786 bits per heavy atom. The number of hydrogen-bond acceptors (Lipinski definition) is 12. The van der Waals surface area contributed by atoms with Crippen LogP contribution in [0.1, 0.15) is 54.6 Å². The molecule has 16 nitrogen and oxygen atoms in total. The Morgan fingerprint density at radius 2 is 1.43 bits per heavy atom. The van der Waals surface area contributed by atoms with Crippen molar-refractivity contribution < 1.29 is 0 Å². The summed E-state index contributed by atoms with van der Waals surface area (Å²) in [6.07, 6.45) is 17.6. The largest absolute Gasteiger partial charge is 0.383 e. The van der Waals surface area contributed by atoms with Crippen LogP contribution in [0, 0.1) is 0 Å². The number of nitrogens with one attached hydrogen (secondary N) is 1. The standard InChI is InChI=1S/C38H44Br2N16/c1-51(2)11-12-53-20-25(14-45-53)29-17-47-56-36(42)32(40)34(50-38(29)56)24-6-4-10-52(19-24)28-8-7-27(44-16-28)22-54-21-26(15-46-54)30-18-48-55-35(41)31(39)33(49-37(30)55)23-5-3-9-43-13-23/h7-8,14-18,20-21,23-24,43H,3-6,9-13,19,22,41-42H2,1-2H3. The van der Waals surface area contributed by atoms with E-state index in [4.69, 9.17) is 26.4 Å². The molecule has 0 aromatic carbocycles. The minimum Gasteiger partial charge on any atom is -0.383 e. The molecular weight excluding hydrogens is 840 g/mol. The molecule has 290 valence electrons.